The Morgan fingerprint density at radius 3 is 2.52 bits per heavy atom. The van der Waals surface area contributed by atoms with E-state index >= 15 is 0 Å². The number of benzene rings is 1. The van der Waals surface area contributed by atoms with Gasteiger partial charge < -0.3 is 14.4 Å². The maximum Gasteiger partial charge on any atom is 0.275 e. The van der Waals surface area contributed by atoms with Crippen molar-refractivity contribution in [3.8, 4) is 11.4 Å². The number of amides is 1. The summed E-state index contributed by atoms with van der Waals surface area (Å²) in [6.45, 7) is 5.13. The summed E-state index contributed by atoms with van der Waals surface area (Å²) in [7, 11) is 2.05. The molecule has 1 aromatic carbocycles. The summed E-state index contributed by atoms with van der Waals surface area (Å²) >= 11 is 0. The van der Waals surface area contributed by atoms with Gasteiger partial charge in [-0.05, 0) is 14.0 Å². The van der Waals surface area contributed by atoms with E-state index in [-0.39, 0.29) is 18.0 Å². The first-order chi connectivity index (χ1) is 13.0. The van der Waals surface area contributed by atoms with Crippen LogP contribution in [0.1, 0.15) is 5.69 Å². The number of hydrogen-bond acceptors (Lipinski definition) is 5. The average Bonchev–Trinajstić information content (AvgIpc) is 3.12. The van der Waals surface area contributed by atoms with Gasteiger partial charge in [-0.15, -0.1) is 5.10 Å². The van der Waals surface area contributed by atoms with Gasteiger partial charge in [-0.25, -0.2) is 0 Å². The van der Waals surface area contributed by atoms with Crippen molar-refractivity contribution >= 4 is 11.7 Å². The third-order valence-electron chi connectivity index (χ3n) is 4.98. The Hall–Kier alpha value is -3.00. The number of likely N-dealkylation sites (N-methyl/N-ethyl adjacent to an activating group) is 1. The SMILES string of the molecule is Cc1cc(=O)n2nc(-c3ccccc3)nc2n1CC(=O)N1CCN(C)CC1. The molecule has 4 rings (SSSR count). The van der Waals surface area contributed by atoms with Gasteiger partial charge in [-0.3, -0.25) is 9.59 Å². The molecule has 2 aromatic heterocycles. The van der Waals surface area contributed by atoms with Crippen molar-refractivity contribution in [3.63, 3.8) is 0 Å². The Bertz CT molecular complexity index is 1030. The van der Waals surface area contributed by atoms with Crippen molar-refractivity contribution < 1.29 is 4.79 Å². The van der Waals surface area contributed by atoms with E-state index in [1.165, 1.54) is 10.6 Å². The first-order valence-corrected chi connectivity index (χ1v) is 9.02. The molecule has 0 N–H and O–H groups in total. The number of fused-ring (bicyclic) bond motifs is 1. The number of carbonyl (C=O) groups excluding carboxylic acids is 1. The van der Waals surface area contributed by atoms with E-state index in [1.807, 2.05) is 42.2 Å². The van der Waals surface area contributed by atoms with Crippen LogP contribution in [0.2, 0.25) is 0 Å². The molecule has 0 bridgehead atoms. The maximum atomic E-state index is 12.8. The summed E-state index contributed by atoms with van der Waals surface area (Å²) in [6.07, 6.45) is 0. The zero-order valence-corrected chi connectivity index (χ0v) is 15.5. The van der Waals surface area contributed by atoms with Crippen LogP contribution in [0.4, 0.5) is 0 Å². The highest BCUT2D eigenvalue weighted by atomic mass is 16.2. The highest BCUT2D eigenvalue weighted by Crippen LogP contribution is 2.16. The molecule has 1 amide bonds. The Morgan fingerprint density at radius 2 is 1.81 bits per heavy atom. The van der Waals surface area contributed by atoms with E-state index in [1.54, 1.807) is 4.57 Å². The average molecular weight is 366 g/mol. The third-order valence-corrected chi connectivity index (χ3v) is 4.98. The zero-order valence-electron chi connectivity index (χ0n) is 15.5. The maximum absolute atomic E-state index is 12.8. The number of nitrogens with zero attached hydrogens (tertiary/aromatic N) is 6. The molecule has 27 heavy (non-hydrogen) atoms. The Balaban J connectivity index is 1.71. The highest BCUT2D eigenvalue weighted by Gasteiger charge is 2.21. The van der Waals surface area contributed by atoms with E-state index in [0.717, 1.165) is 18.7 Å². The van der Waals surface area contributed by atoms with Gasteiger partial charge in [0.2, 0.25) is 11.7 Å². The molecule has 0 unspecified atom stereocenters. The van der Waals surface area contributed by atoms with Gasteiger partial charge in [-0.2, -0.15) is 9.50 Å². The summed E-state index contributed by atoms with van der Waals surface area (Å²) in [4.78, 5) is 33.8. The quantitative estimate of drug-likeness (QED) is 0.680. The summed E-state index contributed by atoms with van der Waals surface area (Å²) in [5.41, 5.74) is 1.28. The van der Waals surface area contributed by atoms with Gasteiger partial charge in [-0.1, -0.05) is 30.3 Å². The lowest BCUT2D eigenvalue weighted by molar-refractivity contribution is -0.133. The molecule has 0 saturated carbocycles. The second-order valence-corrected chi connectivity index (χ2v) is 6.91. The second kappa shape index (κ2) is 6.96. The van der Waals surface area contributed by atoms with Crippen LogP contribution in [-0.4, -0.2) is 68.1 Å². The van der Waals surface area contributed by atoms with Crippen LogP contribution >= 0.6 is 0 Å². The lowest BCUT2D eigenvalue weighted by Crippen LogP contribution is -2.48. The van der Waals surface area contributed by atoms with Gasteiger partial charge >= 0.3 is 0 Å². The van der Waals surface area contributed by atoms with E-state index in [9.17, 15) is 9.59 Å². The smallest absolute Gasteiger partial charge is 0.275 e. The predicted octanol–water partition coefficient (Wildman–Crippen LogP) is 0.640. The molecule has 8 nitrogen and oxygen atoms in total. The third kappa shape index (κ3) is 3.35. The van der Waals surface area contributed by atoms with Gasteiger partial charge in [0.25, 0.3) is 5.56 Å². The fraction of sp³-hybridized carbons (Fsp3) is 0.368. The van der Waals surface area contributed by atoms with Gasteiger partial charge in [0.15, 0.2) is 5.82 Å². The van der Waals surface area contributed by atoms with E-state index in [2.05, 4.69) is 22.0 Å². The van der Waals surface area contributed by atoms with Crippen molar-refractivity contribution in [1.82, 2.24) is 29.0 Å². The first kappa shape index (κ1) is 17.4. The van der Waals surface area contributed by atoms with Crippen LogP contribution in [0.15, 0.2) is 41.2 Å². The highest BCUT2D eigenvalue weighted by molar-refractivity contribution is 5.76. The van der Waals surface area contributed by atoms with Crippen molar-refractivity contribution in [1.29, 1.82) is 0 Å². The summed E-state index contributed by atoms with van der Waals surface area (Å²) in [5.74, 6) is 0.890. The lowest BCUT2D eigenvalue weighted by Gasteiger charge is -2.32. The molecule has 0 spiro atoms. The normalized spacial score (nSPS) is 15.4. The van der Waals surface area contributed by atoms with Crippen LogP contribution in [-0.2, 0) is 11.3 Å². The Kier molecular flexibility index (Phi) is 4.49. The van der Waals surface area contributed by atoms with Crippen LogP contribution in [0.5, 0.6) is 0 Å². The van der Waals surface area contributed by atoms with Crippen molar-refractivity contribution in [2.75, 3.05) is 33.2 Å². The Labute approximate surface area is 156 Å². The van der Waals surface area contributed by atoms with Crippen LogP contribution in [0.3, 0.4) is 0 Å². The molecule has 140 valence electrons. The minimum absolute atomic E-state index is 0.0287. The molecule has 1 saturated heterocycles. The minimum Gasteiger partial charge on any atom is -0.339 e. The molecule has 1 aliphatic heterocycles. The standard InChI is InChI=1S/C19H22N6O2/c1-14-12-16(26)25-19(20-18(21-25)15-6-4-3-5-7-15)24(14)13-17(27)23-10-8-22(2)9-11-23/h3-7,12H,8-11,13H2,1-2H3. The van der Waals surface area contributed by atoms with Crippen molar-refractivity contribution in [3.05, 3.63) is 52.4 Å². The molecule has 1 fully saturated rings. The second-order valence-electron chi connectivity index (χ2n) is 6.91. The van der Waals surface area contributed by atoms with Crippen LogP contribution in [0.25, 0.3) is 17.2 Å². The molecule has 0 radical (unpaired) electrons. The molecule has 3 heterocycles. The predicted molar refractivity (Wildman–Crippen MR) is 101 cm³/mol. The fourth-order valence-corrected chi connectivity index (χ4v) is 3.30. The molecule has 0 aliphatic carbocycles. The Morgan fingerprint density at radius 1 is 1.11 bits per heavy atom. The molecular formula is C19H22N6O2. The molecular weight excluding hydrogens is 344 g/mol. The number of aryl methyl sites for hydroxylation is 1. The number of piperazine rings is 1. The molecule has 3 aromatic rings. The largest absolute Gasteiger partial charge is 0.339 e. The van der Waals surface area contributed by atoms with Crippen molar-refractivity contribution in [2.45, 2.75) is 13.5 Å². The fourth-order valence-electron chi connectivity index (χ4n) is 3.30. The minimum atomic E-state index is -0.250. The van der Waals surface area contributed by atoms with E-state index in [0.29, 0.717) is 30.4 Å². The topological polar surface area (TPSA) is 75.7 Å². The van der Waals surface area contributed by atoms with E-state index in [4.69, 9.17) is 0 Å². The monoisotopic (exact) mass is 366 g/mol. The molecule has 0 atom stereocenters. The first-order valence-electron chi connectivity index (χ1n) is 9.02. The van der Waals surface area contributed by atoms with Gasteiger partial charge in [0, 0.05) is 43.5 Å². The van der Waals surface area contributed by atoms with Crippen molar-refractivity contribution in [2.24, 2.45) is 0 Å². The van der Waals surface area contributed by atoms with Crippen LogP contribution in [0, 0.1) is 6.92 Å². The van der Waals surface area contributed by atoms with E-state index < -0.39 is 0 Å². The summed E-state index contributed by atoms with van der Waals surface area (Å²) < 4.78 is 3.04. The molecule has 8 heteroatoms. The van der Waals surface area contributed by atoms with Crippen LogP contribution < -0.4 is 5.56 Å². The summed E-state index contributed by atoms with van der Waals surface area (Å²) in [6, 6.07) is 11.0. The number of carbonyl (C=O) groups is 1. The van der Waals surface area contributed by atoms with Gasteiger partial charge in [0.1, 0.15) is 6.54 Å². The lowest BCUT2D eigenvalue weighted by atomic mass is 10.2. The van der Waals surface area contributed by atoms with Gasteiger partial charge in [0.05, 0.1) is 0 Å². The number of rotatable bonds is 3. The zero-order chi connectivity index (χ0) is 19.0. The number of hydrogen-bond donors (Lipinski definition) is 0. The number of aromatic nitrogens is 4. The summed E-state index contributed by atoms with van der Waals surface area (Å²) in [5, 5.41) is 4.35. The molecule has 1 aliphatic rings.